The van der Waals surface area contributed by atoms with E-state index in [-0.39, 0.29) is 10.6 Å². The second-order valence-corrected chi connectivity index (χ2v) is 6.30. The zero-order valence-corrected chi connectivity index (χ0v) is 14.3. The van der Waals surface area contributed by atoms with Gasteiger partial charge < -0.3 is 14.4 Å². The monoisotopic (exact) mass is 367 g/mol. The quantitative estimate of drug-likeness (QED) is 0.823. The third kappa shape index (κ3) is 3.33. The summed E-state index contributed by atoms with van der Waals surface area (Å²) in [5.41, 5.74) is 1.21. The molecule has 126 valence electrons. The summed E-state index contributed by atoms with van der Waals surface area (Å²) in [5.74, 6) is 2.16. The maximum atomic E-state index is 5.85. The van der Waals surface area contributed by atoms with E-state index in [2.05, 4.69) is 30.8 Å². The van der Waals surface area contributed by atoms with Crippen molar-refractivity contribution in [1.82, 2.24) is 19.9 Å². The Kier molecular flexibility index (Phi) is 4.30. The number of halogens is 2. The molecular weight excluding hydrogens is 353 g/mol. The highest BCUT2D eigenvalue weighted by molar-refractivity contribution is 6.31. The number of nitrogens with zero attached hydrogens (tertiary/aromatic N) is 5. The molecule has 1 aromatic heterocycles. The van der Waals surface area contributed by atoms with Crippen LogP contribution in [-0.4, -0.2) is 52.8 Å². The standard InChI is InChI=1S/C15H15Cl2N5O2/c16-13-18-14(17)20-15(19-13)22-5-3-21(4-6-22)8-10-1-2-11-12(7-10)24-9-23-11/h1-2,7H,3-6,8-9H2. The molecule has 0 atom stereocenters. The minimum atomic E-state index is 0.118. The lowest BCUT2D eigenvalue weighted by Gasteiger charge is -2.34. The van der Waals surface area contributed by atoms with E-state index in [0.717, 1.165) is 44.2 Å². The van der Waals surface area contributed by atoms with Gasteiger partial charge >= 0.3 is 0 Å². The van der Waals surface area contributed by atoms with Gasteiger partial charge in [-0.3, -0.25) is 4.90 Å². The minimum Gasteiger partial charge on any atom is -0.454 e. The molecule has 1 saturated heterocycles. The molecule has 0 unspecified atom stereocenters. The van der Waals surface area contributed by atoms with Gasteiger partial charge in [-0.05, 0) is 40.9 Å². The van der Waals surface area contributed by atoms with Crippen LogP contribution in [0, 0.1) is 0 Å². The van der Waals surface area contributed by atoms with Crippen LogP contribution in [0.3, 0.4) is 0 Å². The zero-order valence-electron chi connectivity index (χ0n) is 12.8. The van der Waals surface area contributed by atoms with E-state index < -0.39 is 0 Å². The Balaban J connectivity index is 1.37. The highest BCUT2D eigenvalue weighted by Crippen LogP contribution is 2.32. The molecule has 3 heterocycles. The fraction of sp³-hybridized carbons (Fsp3) is 0.400. The number of fused-ring (bicyclic) bond motifs is 1. The topological polar surface area (TPSA) is 63.6 Å². The van der Waals surface area contributed by atoms with Gasteiger partial charge in [-0.25, -0.2) is 0 Å². The SMILES string of the molecule is Clc1nc(Cl)nc(N2CCN(Cc3ccc4c(c3)OCO4)CC2)n1. The predicted molar refractivity (Wildman–Crippen MR) is 89.9 cm³/mol. The van der Waals surface area contributed by atoms with Crippen molar-refractivity contribution in [1.29, 1.82) is 0 Å². The van der Waals surface area contributed by atoms with Crippen molar-refractivity contribution < 1.29 is 9.47 Å². The molecule has 2 aliphatic rings. The van der Waals surface area contributed by atoms with E-state index in [0.29, 0.717) is 12.7 Å². The molecule has 0 spiro atoms. The Morgan fingerprint density at radius 3 is 2.38 bits per heavy atom. The van der Waals surface area contributed by atoms with Crippen molar-refractivity contribution in [3.63, 3.8) is 0 Å². The molecule has 4 rings (SSSR count). The first-order valence-corrected chi connectivity index (χ1v) is 8.36. The van der Waals surface area contributed by atoms with E-state index >= 15 is 0 Å². The van der Waals surface area contributed by atoms with Gasteiger partial charge in [0.1, 0.15) is 0 Å². The van der Waals surface area contributed by atoms with Crippen molar-refractivity contribution >= 4 is 29.2 Å². The molecule has 1 aromatic carbocycles. The summed E-state index contributed by atoms with van der Waals surface area (Å²) in [5, 5.41) is 0.237. The summed E-state index contributed by atoms with van der Waals surface area (Å²) in [6.07, 6.45) is 0. The number of benzene rings is 1. The summed E-state index contributed by atoms with van der Waals surface area (Å²) in [4.78, 5) is 16.5. The molecule has 9 heteroatoms. The Hall–Kier alpha value is -1.83. The average molecular weight is 368 g/mol. The van der Waals surface area contributed by atoms with Crippen molar-refractivity contribution in [2.75, 3.05) is 37.9 Å². The first-order valence-electron chi connectivity index (χ1n) is 7.60. The van der Waals surface area contributed by atoms with E-state index in [4.69, 9.17) is 32.7 Å². The average Bonchev–Trinajstić information content (AvgIpc) is 3.02. The van der Waals surface area contributed by atoms with E-state index in [1.165, 1.54) is 5.56 Å². The number of ether oxygens (including phenoxy) is 2. The van der Waals surface area contributed by atoms with Gasteiger partial charge in [0.2, 0.25) is 23.3 Å². The molecule has 7 nitrogen and oxygen atoms in total. The second kappa shape index (κ2) is 6.58. The minimum absolute atomic E-state index is 0.118. The molecule has 0 bridgehead atoms. The van der Waals surface area contributed by atoms with Gasteiger partial charge in [0.05, 0.1) is 0 Å². The molecule has 24 heavy (non-hydrogen) atoms. The molecular formula is C15H15Cl2N5O2. The van der Waals surface area contributed by atoms with Crippen molar-refractivity contribution in [3.05, 3.63) is 34.3 Å². The summed E-state index contributed by atoms with van der Waals surface area (Å²) in [7, 11) is 0. The molecule has 0 amide bonds. The van der Waals surface area contributed by atoms with Crippen LogP contribution in [0.25, 0.3) is 0 Å². The van der Waals surface area contributed by atoms with Gasteiger partial charge in [0.15, 0.2) is 11.5 Å². The number of anilines is 1. The van der Waals surface area contributed by atoms with Crippen LogP contribution in [0.5, 0.6) is 11.5 Å². The maximum absolute atomic E-state index is 5.85. The van der Waals surface area contributed by atoms with Gasteiger partial charge in [0, 0.05) is 32.7 Å². The number of hydrogen-bond donors (Lipinski definition) is 0. The van der Waals surface area contributed by atoms with Crippen molar-refractivity contribution in [2.45, 2.75) is 6.54 Å². The predicted octanol–water partition coefficient (Wildman–Crippen LogP) is 2.23. The zero-order chi connectivity index (χ0) is 16.5. The lowest BCUT2D eigenvalue weighted by molar-refractivity contribution is 0.174. The molecule has 0 saturated carbocycles. The molecule has 1 fully saturated rings. The van der Waals surface area contributed by atoms with E-state index in [9.17, 15) is 0 Å². The number of rotatable bonds is 3. The van der Waals surface area contributed by atoms with Crippen molar-refractivity contribution in [2.24, 2.45) is 0 Å². The summed E-state index contributed by atoms with van der Waals surface area (Å²) >= 11 is 11.7. The molecule has 0 N–H and O–H groups in total. The number of piperazine rings is 1. The lowest BCUT2D eigenvalue weighted by atomic mass is 10.1. The largest absolute Gasteiger partial charge is 0.454 e. The van der Waals surface area contributed by atoms with E-state index in [1.807, 2.05) is 12.1 Å². The van der Waals surface area contributed by atoms with Gasteiger partial charge in [-0.15, -0.1) is 0 Å². The van der Waals surface area contributed by atoms with Gasteiger partial charge in [0.25, 0.3) is 0 Å². The fourth-order valence-corrected chi connectivity index (χ4v) is 3.22. The third-order valence-corrected chi connectivity index (χ3v) is 4.41. The van der Waals surface area contributed by atoms with Gasteiger partial charge in [-0.2, -0.15) is 15.0 Å². The van der Waals surface area contributed by atoms with Crippen LogP contribution >= 0.6 is 23.2 Å². The van der Waals surface area contributed by atoms with Crippen LogP contribution < -0.4 is 14.4 Å². The number of hydrogen-bond acceptors (Lipinski definition) is 7. The van der Waals surface area contributed by atoms with E-state index in [1.54, 1.807) is 0 Å². The van der Waals surface area contributed by atoms with Crippen molar-refractivity contribution in [3.8, 4) is 11.5 Å². The third-order valence-electron chi connectivity index (χ3n) is 4.07. The maximum Gasteiger partial charge on any atom is 0.231 e. The molecule has 2 aliphatic heterocycles. The highest BCUT2D eigenvalue weighted by atomic mass is 35.5. The highest BCUT2D eigenvalue weighted by Gasteiger charge is 2.21. The van der Waals surface area contributed by atoms with Crippen LogP contribution in [0.1, 0.15) is 5.56 Å². The molecule has 0 aliphatic carbocycles. The van der Waals surface area contributed by atoms with Crippen LogP contribution in [0.2, 0.25) is 10.6 Å². The lowest BCUT2D eigenvalue weighted by Crippen LogP contribution is -2.46. The summed E-state index contributed by atoms with van der Waals surface area (Å²) in [6.45, 7) is 4.57. The van der Waals surface area contributed by atoms with Crippen LogP contribution in [-0.2, 0) is 6.54 Å². The normalized spacial score (nSPS) is 17.3. The first kappa shape index (κ1) is 15.7. The number of aromatic nitrogens is 3. The summed E-state index contributed by atoms with van der Waals surface area (Å²) in [6, 6.07) is 6.08. The second-order valence-electron chi connectivity index (χ2n) is 5.62. The Morgan fingerprint density at radius 1 is 0.917 bits per heavy atom. The fourth-order valence-electron chi connectivity index (χ4n) is 2.86. The Labute approximate surface area is 149 Å². The van der Waals surface area contributed by atoms with Crippen LogP contribution in [0.15, 0.2) is 18.2 Å². The first-order chi connectivity index (χ1) is 11.7. The van der Waals surface area contributed by atoms with Gasteiger partial charge in [-0.1, -0.05) is 6.07 Å². The Morgan fingerprint density at radius 2 is 1.62 bits per heavy atom. The summed E-state index contributed by atoms with van der Waals surface area (Å²) < 4.78 is 10.8. The Bertz CT molecular complexity index is 732. The molecule has 0 radical (unpaired) electrons. The smallest absolute Gasteiger partial charge is 0.231 e. The molecule has 2 aromatic rings. The van der Waals surface area contributed by atoms with Crippen LogP contribution in [0.4, 0.5) is 5.95 Å².